The SMILES string of the molecule is O=C(COC(=O)c1ccccc1NC(=O)c1ccc([N+](=O)[O-])cc1[N+](=O)[O-])c1ccc([N+](=O)[O-])cc1. The van der Waals surface area contributed by atoms with Gasteiger partial charge in [-0.25, -0.2) is 4.79 Å². The Morgan fingerprint density at radius 1 is 0.750 bits per heavy atom. The van der Waals surface area contributed by atoms with E-state index in [1.54, 1.807) is 0 Å². The Morgan fingerprint density at radius 2 is 1.36 bits per heavy atom. The molecule has 0 radical (unpaired) electrons. The van der Waals surface area contributed by atoms with Crippen LogP contribution in [0.2, 0.25) is 0 Å². The third kappa shape index (κ3) is 5.69. The molecule has 0 aliphatic rings. The van der Waals surface area contributed by atoms with Crippen molar-refractivity contribution in [3.8, 4) is 0 Å². The Hall–Kier alpha value is -5.53. The van der Waals surface area contributed by atoms with E-state index in [1.165, 1.54) is 36.4 Å². The molecule has 14 nitrogen and oxygen atoms in total. The second-order valence-electron chi connectivity index (χ2n) is 7.02. The van der Waals surface area contributed by atoms with Gasteiger partial charge in [-0.1, -0.05) is 12.1 Å². The van der Waals surface area contributed by atoms with Gasteiger partial charge in [0, 0.05) is 23.8 Å². The fourth-order valence-electron chi connectivity index (χ4n) is 3.00. The molecule has 1 N–H and O–H groups in total. The Kier molecular flexibility index (Phi) is 7.39. The summed E-state index contributed by atoms with van der Waals surface area (Å²) in [6.45, 7) is -0.702. The quantitative estimate of drug-likeness (QED) is 0.198. The zero-order valence-electron chi connectivity index (χ0n) is 18.0. The van der Waals surface area contributed by atoms with Crippen molar-refractivity contribution in [2.45, 2.75) is 0 Å². The number of nitro groups is 3. The molecule has 0 saturated carbocycles. The van der Waals surface area contributed by atoms with Gasteiger partial charge in [-0.2, -0.15) is 0 Å². The zero-order valence-corrected chi connectivity index (χ0v) is 18.0. The number of nitro benzene ring substituents is 3. The fraction of sp³-hybridized carbons (Fsp3) is 0.0455. The summed E-state index contributed by atoms with van der Waals surface area (Å²) in [6.07, 6.45) is 0. The molecule has 0 bridgehead atoms. The van der Waals surface area contributed by atoms with E-state index < -0.39 is 56.0 Å². The molecular weight excluding hydrogens is 480 g/mol. The molecule has 0 saturated heterocycles. The van der Waals surface area contributed by atoms with E-state index in [2.05, 4.69) is 5.32 Å². The topological polar surface area (TPSA) is 202 Å². The molecule has 0 aliphatic heterocycles. The lowest BCUT2D eigenvalue weighted by Crippen LogP contribution is -2.19. The van der Waals surface area contributed by atoms with Crippen molar-refractivity contribution >= 4 is 40.4 Å². The van der Waals surface area contributed by atoms with Crippen molar-refractivity contribution in [3.63, 3.8) is 0 Å². The van der Waals surface area contributed by atoms with Gasteiger partial charge in [-0.3, -0.25) is 39.9 Å². The summed E-state index contributed by atoms with van der Waals surface area (Å²) in [6, 6.07) is 12.6. The molecule has 182 valence electrons. The van der Waals surface area contributed by atoms with Crippen molar-refractivity contribution in [1.29, 1.82) is 0 Å². The average Bonchev–Trinajstić information content (AvgIpc) is 2.86. The van der Waals surface area contributed by atoms with E-state index in [1.807, 2.05) is 0 Å². The van der Waals surface area contributed by atoms with Crippen LogP contribution in [-0.2, 0) is 4.74 Å². The molecule has 0 fully saturated rings. The highest BCUT2D eigenvalue weighted by molar-refractivity contribution is 6.10. The maximum Gasteiger partial charge on any atom is 0.340 e. The van der Waals surface area contributed by atoms with E-state index in [0.29, 0.717) is 6.07 Å². The highest BCUT2D eigenvalue weighted by Crippen LogP contribution is 2.26. The van der Waals surface area contributed by atoms with Crippen LogP contribution in [0.1, 0.15) is 31.1 Å². The minimum absolute atomic E-state index is 0.0699. The van der Waals surface area contributed by atoms with Crippen LogP contribution in [0.5, 0.6) is 0 Å². The number of para-hydroxylation sites is 1. The molecule has 0 aromatic heterocycles. The molecule has 0 heterocycles. The number of ether oxygens (including phenoxy) is 1. The van der Waals surface area contributed by atoms with Gasteiger partial charge >= 0.3 is 5.97 Å². The van der Waals surface area contributed by atoms with Gasteiger partial charge < -0.3 is 10.1 Å². The third-order valence-corrected chi connectivity index (χ3v) is 4.76. The number of anilines is 1. The Bertz CT molecular complexity index is 1400. The normalized spacial score (nSPS) is 10.2. The lowest BCUT2D eigenvalue weighted by atomic mass is 10.1. The molecule has 3 aromatic carbocycles. The van der Waals surface area contributed by atoms with Gasteiger partial charge in [0.25, 0.3) is 23.0 Å². The Labute approximate surface area is 200 Å². The molecule has 14 heteroatoms. The number of non-ortho nitro benzene ring substituents is 2. The molecule has 0 aliphatic carbocycles. The molecule has 36 heavy (non-hydrogen) atoms. The first-order chi connectivity index (χ1) is 17.1. The first kappa shape index (κ1) is 25.1. The van der Waals surface area contributed by atoms with Crippen LogP contribution < -0.4 is 5.32 Å². The van der Waals surface area contributed by atoms with Gasteiger partial charge in [0.2, 0.25) is 0 Å². The summed E-state index contributed by atoms with van der Waals surface area (Å²) in [5.74, 6) is -2.65. The molecule has 0 atom stereocenters. The van der Waals surface area contributed by atoms with Crippen molar-refractivity contribution in [1.82, 2.24) is 0 Å². The van der Waals surface area contributed by atoms with Crippen molar-refractivity contribution in [3.05, 3.63) is 114 Å². The number of ketones is 1. The van der Waals surface area contributed by atoms with Crippen LogP contribution in [-0.4, -0.2) is 39.0 Å². The van der Waals surface area contributed by atoms with E-state index in [4.69, 9.17) is 4.74 Å². The third-order valence-electron chi connectivity index (χ3n) is 4.76. The smallest absolute Gasteiger partial charge is 0.340 e. The van der Waals surface area contributed by atoms with Gasteiger partial charge in [0.1, 0.15) is 5.56 Å². The minimum atomic E-state index is -1.01. The largest absolute Gasteiger partial charge is 0.454 e. The minimum Gasteiger partial charge on any atom is -0.454 e. The zero-order chi connectivity index (χ0) is 26.4. The van der Waals surface area contributed by atoms with Crippen LogP contribution in [0.15, 0.2) is 66.7 Å². The van der Waals surface area contributed by atoms with Gasteiger partial charge in [0.15, 0.2) is 12.4 Å². The highest BCUT2D eigenvalue weighted by atomic mass is 16.6. The summed E-state index contributed by atoms with van der Waals surface area (Å²) in [7, 11) is 0. The van der Waals surface area contributed by atoms with Crippen molar-refractivity contribution in [2.24, 2.45) is 0 Å². The molecular formula is C22H14N4O10. The number of nitrogens with zero attached hydrogens (tertiary/aromatic N) is 3. The summed E-state index contributed by atoms with van der Waals surface area (Å²) >= 11 is 0. The maximum absolute atomic E-state index is 12.7. The monoisotopic (exact) mass is 494 g/mol. The van der Waals surface area contributed by atoms with Crippen LogP contribution in [0.4, 0.5) is 22.7 Å². The number of carbonyl (C=O) groups is 3. The summed E-state index contributed by atoms with van der Waals surface area (Å²) < 4.78 is 5.00. The van der Waals surface area contributed by atoms with Gasteiger partial charge in [0.05, 0.1) is 32.1 Å². The second-order valence-corrected chi connectivity index (χ2v) is 7.02. The number of rotatable bonds is 9. The number of Topliss-reactive ketones (excluding diaryl/α,β-unsaturated/α-hetero) is 1. The van der Waals surface area contributed by atoms with Gasteiger partial charge in [-0.05, 0) is 30.3 Å². The number of nitrogens with one attached hydrogen (secondary N) is 1. The van der Waals surface area contributed by atoms with Gasteiger partial charge in [-0.15, -0.1) is 0 Å². The fourth-order valence-corrected chi connectivity index (χ4v) is 3.00. The van der Waals surface area contributed by atoms with E-state index >= 15 is 0 Å². The van der Waals surface area contributed by atoms with E-state index in [-0.39, 0.29) is 22.5 Å². The number of esters is 1. The standard InChI is InChI=1S/C22H14N4O10/c27-20(13-5-7-14(8-6-13)24(30)31)12-36-22(29)16-3-1-2-4-18(16)23-21(28)17-10-9-15(25(32)33)11-19(17)26(34)35/h1-11H,12H2,(H,23,28). The van der Waals surface area contributed by atoms with Crippen molar-refractivity contribution < 1.29 is 33.9 Å². The molecule has 0 spiro atoms. The van der Waals surface area contributed by atoms with Crippen LogP contribution in [0, 0.1) is 30.3 Å². The summed E-state index contributed by atoms with van der Waals surface area (Å²) in [4.78, 5) is 68.0. The average molecular weight is 494 g/mol. The maximum atomic E-state index is 12.7. The number of benzene rings is 3. The highest BCUT2D eigenvalue weighted by Gasteiger charge is 2.25. The predicted molar refractivity (Wildman–Crippen MR) is 122 cm³/mol. The number of carbonyl (C=O) groups excluding carboxylic acids is 3. The Balaban J connectivity index is 1.75. The van der Waals surface area contributed by atoms with E-state index in [0.717, 1.165) is 24.3 Å². The van der Waals surface area contributed by atoms with Crippen LogP contribution in [0.3, 0.4) is 0 Å². The lowest BCUT2D eigenvalue weighted by molar-refractivity contribution is -0.394. The molecule has 1 amide bonds. The molecule has 3 rings (SSSR count). The lowest BCUT2D eigenvalue weighted by Gasteiger charge is -2.11. The Morgan fingerprint density at radius 3 is 1.97 bits per heavy atom. The molecule has 0 unspecified atom stereocenters. The summed E-state index contributed by atoms with van der Waals surface area (Å²) in [5, 5.41) is 35.2. The first-order valence-electron chi connectivity index (χ1n) is 9.86. The van der Waals surface area contributed by atoms with Crippen LogP contribution in [0.25, 0.3) is 0 Å². The number of hydrogen-bond acceptors (Lipinski definition) is 10. The van der Waals surface area contributed by atoms with Crippen molar-refractivity contribution in [2.75, 3.05) is 11.9 Å². The second kappa shape index (κ2) is 10.6. The molecule has 3 aromatic rings. The number of amides is 1. The predicted octanol–water partition coefficient (Wildman–Crippen LogP) is 3.70. The van der Waals surface area contributed by atoms with E-state index in [9.17, 15) is 44.7 Å². The summed E-state index contributed by atoms with van der Waals surface area (Å²) in [5.41, 5.74) is -2.30. The van der Waals surface area contributed by atoms with Crippen LogP contribution >= 0.6 is 0 Å². The first-order valence-corrected chi connectivity index (χ1v) is 9.86. The number of hydrogen-bond donors (Lipinski definition) is 1.